The van der Waals surface area contributed by atoms with Crippen molar-refractivity contribution in [1.29, 1.82) is 0 Å². The predicted octanol–water partition coefficient (Wildman–Crippen LogP) is 4.09. The third-order valence-electron chi connectivity index (χ3n) is 7.02. The van der Waals surface area contributed by atoms with E-state index in [1.807, 2.05) is 49.3 Å². The summed E-state index contributed by atoms with van der Waals surface area (Å²) in [5.41, 5.74) is 4.06. The van der Waals surface area contributed by atoms with Gasteiger partial charge in [0.15, 0.2) is 0 Å². The van der Waals surface area contributed by atoms with Gasteiger partial charge in [-0.3, -0.25) is 19.4 Å². The van der Waals surface area contributed by atoms with Crippen LogP contribution in [-0.2, 0) is 19.1 Å². The van der Waals surface area contributed by atoms with E-state index in [0.29, 0.717) is 40.4 Å². The molecule has 0 saturated heterocycles. The predicted molar refractivity (Wildman–Crippen MR) is 167 cm³/mol. The molecule has 4 rings (SSSR count). The van der Waals surface area contributed by atoms with E-state index in [9.17, 15) is 19.2 Å². The molecule has 0 spiro atoms. The smallest absolute Gasteiger partial charge is 0.338 e. The van der Waals surface area contributed by atoms with Crippen molar-refractivity contribution < 1.29 is 23.9 Å². The third kappa shape index (κ3) is 7.52. The maximum Gasteiger partial charge on any atom is 0.338 e. The molecule has 10 nitrogen and oxygen atoms in total. The Morgan fingerprint density at radius 3 is 2.21 bits per heavy atom. The summed E-state index contributed by atoms with van der Waals surface area (Å²) in [7, 11) is 7.09. The number of carbonyl (C=O) groups is 4. The van der Waals surface area contributed by atoms with E-state index in [2.05, 4.69) is 5.32 Å². The molecule has 1 aliphatic rings. The lowest BCUT2D eigenvalue weighted by atomic mass is 9.90. The number of rotatable bonds is 11. The molecule has 1 atom stereocenters. The van der Waals surface area contributed by atoms with Crippen LogP contribution in [0.1, 0.15) is 40.7 Å². The van der Waals surface area contributed by atoms with Crippen molar-refractivity contribution in [2.24, 2.45) is 4.99 Å². The van der Waals surface area contributed by atoms with Crippen LogP contribution in [0.25, 0.3) is 0 Å². The lowest BCUT2D eigenvalue weighted by Crippen LogP contribution is -2.41. The molecule has 0 bridgehead atoms. The first-order valence-electron chi connectivity index (χ1n) is 14.1. The van der Waals surface area contributed by atoms with E-state index in [-0.39, 0.29) is 37.3 Å². The van der Waals surface area contributed by atoms with Gasteiger partial charge in [-0.2, -0.15) is 0 Å². The summed E-state index contributed by atoms with van der Waals surface area (Å²) in [5.74, 6) is -1.78. The number of ether oxygens (including phenoxy) is 1. The molecule has 0 aromatic heterocycles. The second-order valence-corrected chi connectivity index (χ2v) is 10.6. The number of hydrogen-bond donors (Lipinski definition) is 1. The molecule has 43 heavy (non-hydrogen) atoms. The van der Waals surface area contributed by atoms with Gasteiger partial charge in [-0.15, -0.1) is 0 Å². The fourth-order valence-electron chi connectivity index (χ4n) is 4.68. The van der Waals surface area contributed by atoms with E-state index >= 15 is 0 Å². The highest BCUT2D eigenvalue weighted by Gasteiger charge is 2.36. The van der Waals surface area contributed by atoms with E-state index in [0.717, 1.165) is 5.56 Å². The first-order valence-corrected chi connectivity index (χ1v) is 14.1. The molecular weight excluding hydrogens is 546 g/mol. The van der Waals surface area contributed by atoms with Gasteiger partial charge in [0.05, 0.1) is 23.6 Å². The standard InChI is InChI=1S/C33H37N5O5/c1-6-43-33(42)23-12-17-26-27(20-23)35-32(41)30(26)31(22-10-8-7-9-11-22)34-24-13-15-25(16-14-24)38(21-29(40)37(4)5)28(39)18-19-36(2)3/h7-17,20,30H,6,18-19,21H2,1-5H3,(H,35,41). The number of fused-ring (bicyclic) bond motifs is 1. The Bertz CT molecular complexity index is 1520. The number of benzene rings is 3. The largest absolute Gasteiger partial charge is 0.462 e. The molecule has 0 aliphatic carbocycles. The van der Waals surface area contributed by atoms with E-state index < -0.39 is 11.9 Å². The van der Waals surface area contributed by atoms with Crippen molar-refractivity contribution in [3.8, 4) is 0 Å². The maximum absolute atomic E-state index is 13.3. The lowest BCUT2D eigenvalue weighted by molar-refractivity contribution is -0.129. The third-order valence-corrected chi connectivity index (χ3v) is 7.02. The number of anilines is 2. The van der Waals surface area contributed by atoms with Gasteiger partial charge in [0.25, 0.3) is 0 Å². The van der Waals surface area contributed by atoms with Crippen LogP contribution >= 0.6 is 0 Å². The Kier molecular flexibility index (Phi) is 10.0. The summed E-state index contributed by atoms with van der Waals surface area (Å²) in [5, 5.41) is 2.89. The highest BCUT2D eigenvalue weighted by atomic mass is 16.5. The quantitative estimate of drug-likeness (QED) is 0.269. The Balaban J connectivity index is 1.70. The summed E-state index contributed by atoms with van der Waals surface area (Å²) in [6, 6.07) is 21.5. The van der Waals surface area contributed by atoms with Crippen molar-refractivity contribution >= 4 is 46.5 Å². The molecule has 3 amide bonds. The lowest BCUT2D eigenvalue weighted by Gasteiger charge is -2.25. The molecule has 3 aromatic carbocycles. The molecule has 10 heteroatoms. The van der Waals surface area contributed by atoms with Crippen molar-refractivity contribution in [2.45, 2.75) is 19.3 Å². The Morgan fingerprint density at radius 2 is 1.58 bits per heavy atom. The Labute approximate surface area is 251 Å². The second-order valence-electron chi connectivity index (χ2n) is 10.6. The van der Waals surface area contributed by atoms with Crippen LogP contribution in [0.4, 0.5) is 17.1 Å². The topological polar surface area (TPSA) is 112 Å². The second kappa shape index (κ2) is 13.9. The van der Waals surface area contributed by atoms with Crippen LogP contribution in [0.15, 0.2) is 77.8 Å². The molecule has 0 fully saturated rings. The number of esters is 1. The van der Waals surface area contributed by atoms with Gasteiger partial charge in [0.2, 0.25) is 17.7 Å². The minimum absolute atomic E-state index is 0.0794. The average molecular weight is 584 g/mol. The van der Waals surface area contributed by atoms with E-state index in [1.54, 1.807) is 63.5 Å². The molecule has 3 aromatic rings. The molecular formula is C33H37N5O5. The molecule has 0 radical (unpaired) electrons. The first-order chi connectivity index (χ1) is 20.6. The van der Waals surface area contributed by atoms with Crippen molar-refractivity contribution in [1.82, 2.24) is 9.80 Å². The number of carbonyl (C=O) groups excluding carboxylic acids is 4. The zero-order valence-electron chi connectivity index (χ0n) is 25.2. The Morgan fingerprint density at radius 1 is 0.884 bits per heavy atom. The number of amides is 3. The summed E-state index contributed by atoms with van der Waals surface area (Å²) in [6.07, 6.45) is 0.264. The number of nitrogens with one attached hydrogen (secondary N) is 1. The molecule has 1 N–H and O–H groups in total. The normalized spacial score (nSPS) is 14.2. The highest BCUT2D eigenvalue weighted by molar-refractivity contribution is 6.24. The zero-order chi connectivity index (χ0) is 31.1. The van der Waals surface area contributed by atoms with Gasteiger partial charge in [-0.05, 0) is 68.5 Å². The molecule has 224 valence electrons. The summed E-state index contributed by atoms with van der Waals surface area (Å²) in [4.78, 5) is 61.0. The van der Waals surface area contributed by atoms with Crippen molar-refractivity contribution in [3.63, 3.8) is 0 Å². The van der Waals surface area contributed by atoms with Crippen LogP contribution in [0.3, 0.4) is 0 Å². The molecule has 1 heterocycles. The van der Waals surface area contributed by atoms with Gasteiger partial charge in [-0.25, -0.2) is 4.79 Å². The SMILES string of the molecule is CCOC(=O)c1ccc2c(c1)NC(=O)C2C(=Nc1ccc(N(CC(=O)N(C)C)C(=O)CCN(C)C)cc1)c1ccccc1. The number of nitrogens with zero attached hydrogens (tertiary/aromatic N) is 4. The zero-order valence-corrected chi connectivity index (χ0v) is 25.2. The molecule has 1 aliphatic heterocycles. The summed E-state index contributed by atoms with van der Waals surface area (Å²) in [6.45, 7) is 2.47. The molecule has 0 saturated carbocycles. The Hall–Kier alpha value is -4.83. The fraction of sp³-hybridized carbons (Fsp3) is 0.303. The van der Waals surface area contributed by atoms with Crippen LogP contribution in [0, 0.1) is 0 Å². The van der Waals surface area contributed by atoms with Gasteiger partial charge in [-0.1, -0.05) is 36.4 Å². The van der Waals surface area contributed by atoms with Crippen LogP contribution in [0.2, 0.25) is 0 Å². The number of aliphatic imine (C=N–C) groups is 1. The minimum atomic E-state index is -0.713. The first kappa shape index (κ1) is 31.1. The van der Waals surface area contributed by atoms with Gasteiger partial charge in [0, 0.05) is 38.4 Å². The van der Waals surface area contributed by atoms with Crippen molar-refractivity contribution in [3.05, 3.63) is 89.5 Å². The fourth-order valence-corrected chi connectivity index (χ4v) is 4.68. The van der Waals surface area contributed by atoms with E-state index in [1.165, 1.54) is 9.80 Å². The number of likely N-dealkylation sites (N-methyl/N-ethyl adjacent to an activating group) is 1. The highest BCUT2D eigenvalue weighted by Crippen LogP contribution is 2.37. The van der Waals surface area contributed by atoms with E-state index in [4.69, 9.17) is 9.73 Å². The van der Waals surface area contributed by atoms with Crippen LogP contribution in [-0.4, -0.2) is 87.1 Å². The molecule has 1 unspecified atom stereocenters. The van der Waals surface area contributed by atoms with Crippen molar-refractivity contribution in [2.75, 3.05) is 58.1 Å². The number of hydrogen-bond acceptors (Lipinski definition) is 7. The van der Waals surface area contributed by atoms with Gasteiger partial charge in [0.1, 0.15) is 12.5 Å². The minimum Gasteiger partial charge on any atom is -0.462 e. The summed E-state index contributed by atoms with van der Waals surface area (Å²) < 4.78 is 5.11. The van der Waals surface area contributed by atoms with Gasteiger partial charge < -0.3 is 24.8 Å². The summed E-state index contributed by atoms with van der Waals surface area (Å²) >= 11 is 0. The maximum atomic E-state index is 13.3. The van der Waals surface area contributed by atoms with Crippen LogP contribution < -0.4 is 10.2 Å². The average Bonchev–Trinajstić information content (AvgIpc) is 3.32. The van der Waals surface area contributed by atoms with Gasteiger partial charge >= 0.3 is 5.97 Å². The monoisotopic (exact) mass is 583 g/mol. The van der Waals surface area contributed by atoms with Crippen LogP contribution in [0.5, 0.6) is 0 Å².